The molecule has 0 amide bonds. The smallest absolute Gasteiger partial charge is 0.198 e. The lowest BCUT2D eigenvalue weighted by molar-refractivity contribution is 0.0973. The molecule has 4 rings (SSSR count). The average Bonchev–Trinajstić information content (AvgIpc) is 2.68. The van der Waals surface area contributed by atoms with Crippen LogP contribution in [0.5, 0.6) is 23.0 Å². The van der Waals surface area contributed by atoms with Gasteiger partial charge in [0.05, 0.1) is 11.1 Å². The van der Waals surface area contributed by atoms with Crippen LogP contribution in [-0.4, -0.2) is 21.8 Å². The maximum Gasteiger partial charge on any atom is 0.198 e. The van der Waals surface area contributed by atoms with Gasteiger partial charge < -0.3 is 14.9 Å². The average molecular weight is 388 g/mol. The van der Waals surface area contributed by atoms with Crippen molar-refractivity contribution in [3.05, 3.63) is 82.4 Å². The summed E-state index contributed by atoms with van der Waals surface area (Å²) in [7, 11) is 0. The Bertz CT molecular complexity index is 1150. The van der Waals surface area contributed by atoms with Crippen molar-refractivity contribution >= 4 is 11.6 Å². The fourth-order valence-electron chi connectivity index (χ4n) is 3.46. The molecular weight excluding hydrogens is 368 g/mol. The number of fused-ring (bicyclic) bond motifs is 2. The van der Waals surface area contributed by atoms with E-state index in [2.05, 4.69) is 20.8 Å². The predicted molar refractivity (Wildman–Crippen MR) is 108 cm³/mol. The van der Waals surface area contributed by atoms with Crippen LogP contribution in [0.15, 0.2) is 54.6 Å². The minimum atomic E-state index is -0.531. The number of carbonyl (C=O) groups excluding carboxylic acids is 2. The molecule has 5 nitrogen and oxygen atoms in total. The molecule has 0 aromatic heterocycles. The Morgan fingerprint density at radius 2 is 1.34 bits per heavy atom. The van der Waals surface area contributed by atoms with Gasteiger partial charge in [0.1, 0.15) is 11.5 Å². The molecule has 5 heteroatoms. The summed E-state index contributed by atoms with van der Waals surface area (Å²) in [6.07, 6.45) is 0. The van der Waals surface area contributed by atoms with Crippen LogP contribution in [0.4, 0.5) is 0 Å². The Hall–Kier alpha value is -3.60. The topological polar surface area (TPSA) is 83.8 Å². The lowest BCUT2D eigenvalue weighted by Crippen LogP contribution is -2.21. The van der Waals surface area contributed by atoms with Gasteiger partial charge in [-0.3, -0.25) is 9.59 Å². The van der Waals surface area contributed by atoms with Crippen LogP contribution in [0.25, 0.3) is 0 Å². The maximum atomic E-state index is 12.9. The molecule has 146 valence electrons. The van der Waals surface area contributed by atoms with E-state index in [4.69, 9.17) is 4.74 Å². The number of carbonyl (C=O) groups is 2. The number of ketones is 2. The van der Waals surface area contributed by atoms with E-state index in [0.29, 0.717) is 5.75 Å². The Labute approximate surface area is 168 Å². The molecule has 0 unspecified atom stereocenters. The van der Waals surface area contributed by atoms with Gasteiger partial charge in [0, 0.05) is 17.2 Å². The number of ether oxygens (including phenoxy) is 1. The van der Waals surface area contributed by atoms with Crippen LogP contribution < -0.4 is 4.74 Å². The van der Waals surface area contributed by atoms with E-state index in [0.717, 1.165) is 11.6 Å². The third-order valence-corrected chi connectivity index (χ3v) is 5.06. The molecule has 0 fully saturated rings. The maximum absolute atomic E-state index is 12.9. The van der Waals surface area contributed by atoms with Crippen molar-refractivity contribution in [2.45, 2.75) is 26.2 Å². The summed E-state index contributed by atoms with van der Waals surface area (Å²) in [5.41, 5.74) is 1.03. The number of hydrogen-bond donors (Lipinski definition) is 2. The number of hydrogen-bond acceptors (Lipinski definition) is 5. The monoisotopic (exact) mass is 388 g/mol. The fourth-order valence-corrected chi connectivity index (χ4v) is 3.46. The second-order valence-corrected chi connectivity index (χ2v) is 8.07. The van der Waals surface area contributed by atoms with Gasteiger partial charge in [0.25, 0.3) is 0 Å². The van der Waals surface area contributed by atoms with E-state index >= 15 is 0 Å². The van der Waals surface area contributed by atoms with Crippen molar-refractivity contribution in [2.24, 2.45) is 0 Å². The van der Waals surface area contributed by atoms with Crippen LogP contribution in [-0.2, 0) is 5.41 Å². The lowest BCUT2D eigenvalue weighted by Gasteiger charge is -2.21. The molecule has 0 atom stereocenters. The number of aromatic hydroxyl groups is 2. The highest BCUT2D eigenvalue weighted by molar-refractivity contribution is 6.30. The van der Waals surface area contributed by atoms with Gasteiger partial charge in [-0.1, -0.05) is 57.2 Å². The van der Waals surface area contributed by atoms with Crippen molar-refractivity contribution in [3.63, 3.8) is 0 Å². The molecule has 3 aromatic rings. The zero-order chi connectivity index (χ0) is 20.9. The molecule has 1 aliphatic carbocycles. The second-order valence-electron chi connectivity index (χ2n) is 8.07. The zero-order valence-electron chi connectivity index (χ0n) is 16.3. The first-order chi connectivity index (χ1) is 13.7. The van der Waals surface area contributed by atoms with E-state index in [1.807, 2.05) is 12.1 Å². The van der Waals surface area contributed by atoms with Crippen LogP contribution in [0.3, 0.4) is 0 Å². The molecule has 0 aliphatic heterocycles. The molecule has 0 saturated heterocycles. The number of phenols is 2. The highest BCUT2D eigenvalue weighted by Crippen LogP contribution is 2.44. The largest absolute Gasteiger partial charge is 0.507 e. The standard InChI is InChI=1S/C24H20O5/c1-24(2,3)13-8-10-14(11-9-13)29-18-12-17(25)19-20(23(18)28)22(27)16-7-5-4-6-15(16)21(19)26/h4-12,25,28H,1-3H3. The van der Waals surface area contributed by atoms with Crippen LogP contribution in [0.2, 0.25) is 0 Å². The Balaban J connectivity index is 1.77. The highest BCUT2D eigenvalue weighted by atomic mass is 16.5. The Kier molecular flexibility index (Phi) is 4.19. The third kappa shape index (κ3) is 3.05. The van der Waals surface area contributed by atoms with Gasteiger partial charge >= 0.3 is 0 Å². The van der Waals surface area contributed by atoms with E-state index in [1.54, 1.807) is 24.3 Å². The van der Waals surface area contributed by atoms with Crippen molar-refractivity contribution < 1.29 is 24.5 Å². The minimum Gasteiger partial charge on any atom is -0.507 e. The van der Waals surface area contributed by atoms with Gasteiger partial charge in [-0.15, -0.1) is 0 Å². The summed E-state index contributed by atoms with van der Waals surface area (Å²) in [5.74, 6) is -1.58. The molecule has 29 heavy (non-hydrogen) atoms. The molecule has 0 radical (unpaired) electrons. The van der Waals surface area contributed by atoms with Gasteiger partial charge in [-0.05, 0) is 23.1 Å². The van der Waals surface area contributed by atoms with Gasteiger partial charge in [0.2, 0.25) is 0 Å². The Morgan fingerprint density at radius 3 is 1.90 bits per heavy atom. The van der Waals surface area contributed by atoms with Crippen molar-refractivity contribution in [1.82, 2.24) is 0 Å². The third-order valence-electron chi connectivity index (χ3n) is 5.06. The SMILES string of the molecule is CC(C)(C)c1ccc(Oc2cc(O)c3c(c2O)C(=O)c2ccccc2C3=O)cc1. The Morgan fingerprint density at radius 1 is 0.793 bits per heavy atom. The summed E-state index contributed by atoms with van der Waals surface area (Å²) in [4.78, 5) is 25.7. The van der Waals surface area contributed by atoms with Crippen LogP contribution in [0, 0.1) is 0 Å². The van der Waals surface area contributed by atoms with Gasteiger partial charge in [-0.2, -0.15) is 0 Å². The first-order valence-electron chi connectivity index (χ1n) is 9.24. The second kappa shape index (κ2) is 6.48. The number of rotatable bonds is 2. The minimum absolute atomic E-state index is 0.0229. The van der Waals surface area contributed by atoms with Gasteiger partial charge in [-0.25, -0.2) is 0 Å². The fraction of sp³-hybridized carbons (Fsp3) is 0.167. The molecule has 0 saturated carbocycles. The first kappa shape index (κ1) is 18.7. The number of phenolic OH excluding ortho intramolecular Hbond substituents is 2. The number of benzene rings is 3. The van der Waals surface area contributed by atoms with E-state index < -0.39 is 23.1 Å². The summed E-state index contributed by atoms with van der Waals surface area (Å²) in [6, 6.07) is 14.8. The molecule has 0 heterocycles. The van der Waals surface area contributed by atoms with E-state index in [1.165, 1.54) is 12.1 Å². The predicted octanol–water partition coefficient (Wildman–Crippen LogP) is 4.96. The zero-order valence-corrected chi connectivity index (χ0v) is 16.3. The van der Waals surface area contributed by atoms with Crippen molar-refractivity contribution in [1.29, 1.82) is 0 Å². The first-order valence-corrected chi connectivity index (χ1v) is 9.24. The molecule has 0 bridgehead atoms. The van der Waals surface area contributed by atoms with Gasteiger partial charge in [0.15, 0.2) is 23.1 Å². The van der Waals surface area contributed by atoms with Crippen LogP contribution >= 0.6 is 0 Å². The van der Waals surface area contributed by atoms with Crippen molar-refractivity contribution in [3.8, 4) is 23.0 Å². The van der Waals surface area contributed by atoms with Crippen LogP contribution in [0.1, 0.15) is 58.2 Å². The molecule has 2 N–H and O–H groups in total. The highest BCUT2D eigenvalue weighted by Gasteiger charge is 2.36. The molecule has 3 aromatic carbocycles. The molecule has 1 aliphatic rings. The lowest BCUT2D eigenvalue weighted by atomic mass is 9.83. The van der Waals surface area contributed by atoms with E-state index in [9.17, 15) is 19.8 Å². The summed E-state index contributed by atoms with van der Waals surface area (Å²) >= 11 is 0. The summed E-state index contributed by atoms with van der Waals surface area (Å²) < 4.78 is 5.72. The quantitative estimate of drug-likeness (QED) is 0.474. The van der Waals surface area contributed by atoms with E-state index in [-0.39, 0.29) is 33.4 Å². The summed E-state index contributed by atoms with van der Waals surface area (Å²) in [5, 5.41) is 21.1. The van der Waals surface area contributed by atoms with Crippen molar-refractivity contribution in [2.75, 3.05) is 0 Å². The normalized spacial score (nSPS) is 13.1. The molecular formula is C24H20O5. The molecule has 0 spiro atoms. The summed E-state index contributed by atoms with van der Waals surface area (Å²) in [6.45, 7) is 6.28.